The highest BCUT2D eigenvalue weighted by molar-refractivity contribution is 7.73. The maximum atomic E-state index is 11.9. The number of rotatable bonds is 5. The Morgan fingerprint density at radius 3 is 2.96 bits per heavy atom. The van der Waals surface area contributed by atoms with Crippen LogP contribution in [0.4, 0.5) is 0 Å². The largest absolute Gasteiger partial charge is 0.493 e. The zero-order valence-corrected chi connectivity index (χ0v) is 14.6. The topological polar surface area (TPSA) is 92.4 Å². The van der Waals surface area contributed by atoms with Gasteiger partial charge in [0.05, 0.1) is 4.88 Å². The van der Waals surface area contributed by atoms with E-state index in [0.717, 1.165) is 5.57 Å². The summed E-state index contributed by atoms with van der Waals surface area (Å²) in [6.45, 7) is 0.336. The van der Waals surface area contributed by atoms with Crippen molar-refractivity contribution in [3.63, 3.8) is 0 Å². The molecular formula is C17H14N2O4S2. The van der Waals surface area contributed by atoms with Gasteiger partial charge < -0.3 is 10.2 Å². The fraction of sp³-hybridized carbons (Fsp3) is 0.176. The highest BCUT2D eigenvalue weighted by Crippen LogP contribution is 2.33. The van der Waals surface area contributed by atoms with Crippen molar-refractivity contribution in [1.29, 1.82) is 0 Å². The number of carbonyl (C=O) groups excluding carboxylic acids is 1. The molecule has 25 heavy (non-hydrogen) atoms. The first kappa shape index (κ1) is 17.2. The number of hydrogen-bond acceptors (Lipinski definition) is 6. The van der Waals surface area contributed by atoms with Crippen molar-refractivity contribution in [3.8, 4) is 5.88 Å². The molecule has 8 heteroatoms. The van der Waals surface area contributed by atoms with E-state index < -0.39 is 5.97 Å². The van der Waals surface area contributed by atoms with E-state index in [2.05, 4.69) is 4.98 Å². The Morgan fingerprint density at radius 2 is 2.20 bits per heavy atom. The van der Waals surface area contributed by atoms with E-state index in [1.807, 2.05) is 0 Å². The van der Waals surface area contributed by atoms with Crippen LogP contribution >= 0.6 is 23.6 Å². The minimum absolute atomic E-state index is 0.00336. The van der Waals surface area contributed by atoms with Crippen molar-refractivity contribution in [3.05, 3.63) is 50.6 Å². The molecule has 0 aliphatic heterocycles. The van der Waals surface area contributed by atoms with Gasteiger partial charge in [-0.2, -0.15) is 0 Å². The first-order chi connectivity index (χ1) is 12.0. The second-order valence-electron chi connectivity index (χ2n) is 5.40. The average Bonchev–Trinajstić information content (AvgIpc) is 2.85. The SMILES string of the molecule is O=C(O)CCCn1c(O)c(C=C2C=CC(=O)c3ncccc32)sc1=S. The molecule has 0 atom stereocenters. The molecule has 2 aromatic heterocycles. The molecule has 0 saturated heterocycles. The summed E-state index contributed by atoms with van der Waals surface area (Å²) in [4.78, 5) is 27.2. The third-order valence-corrected chi connectivity index (χ3v) is 5.10. The lowest BCUT2D eigenvalue weighted by atomic mass is 9.95. The zero-order valence-electron chi connectivity index (χ0n) is 13.0. The fourth-order valence-corrected chi connectivity index (χ4v) is 3.84. The number of carbonyl (C=O) groups is 2. The molecule has 0 unspecified atom stereocenters. The normalized spacial score (nSPS) is 14.7. The number of hydrogen-bond donors (Lipinski definition) is 2. The van der Waals surface area contributed by atoms with Crippen molar-refractivity contribution in [2.24, 2.45) is 0 Å². The lowest BCUT2D eigenvalue weighted by Crippen LogP contribution is -2.07. The molecule has 0 aromatic carbocycles. The maximum Gasteiger partial charge on any atom is 0.303 e. The van der Waals surface area contributed by atoms with Crippen molar-refractivity contribution >= 4 is 47.0 Å². The van der Waals surface area contributed by atoms with Gasteiger partial charge in [0, 0.05) is 24.7 Å². The van der Waals surface area contributed by atoms with Crippen LogP contribution < -0.4 is 0 Å². The molecule has 2 N–H and O–H groups in total. The molecule has 0 saturated carbocycles. The first-order valence-corrected chi connectivity index (χ1v) is 8.73. The molecule has 6 nitrogen and oxygen atoms in total. The highest BCUT2D eigenvalue weighted by atomic mass is 32.1. The molecule has 1 aliphatic carbocycles. The van der Waals surface area contributed by atoms with Gasteiger partial charge in [-0.25, -0.2) is 0 Å². The Kier molecular flexibility index (Phi) is 4.91. The summed E-state index contributed by atoms with van der Waals surface area (Å²) in [7, 11) is 0. The fourth-order valence-electron chi connectivity index (χ4n) is 2.53. The number of thiazole rings is 1. The molecule has 128 valence electrons. The Balaban J connectivity index is 1.95. The highest BCUT2D eigenvalue weighted by Gasteiger charge is 2.18. The monoisotopic (exact) mass is 374 g/mol. The van der Waals surface area contributed by atoms with E-state index in [4.69, 9.17) is 17.3 Å². The third kappa shape index (κ3) is 3.59. The maximum absolute atomic E-state index is 11.9. The third-order valence-electron chi connectivity index (χ3n) is 3.72. The van der Waals surface area contributed by atoms with Crippen molar-refractivity contribution in [2.45, 2.75) is 19.4 Å². The number of carboxylic acids is 1. The standard InChI is InChI=1S/C17H14N2O4S2/c20-12-6-5-10(11-3-1-7-18-15(11)12)9-13-16(23)19(17(24)25-13)8-2-4-14(21)22/h1,3,5-7,9,23H,2,4,8H2,(H,21,22). The lowest BCUT2D eigenvalue weighted by Gasteiger charge is -2.11. The molecule has 3 rings (SSSR count). The molecular weight excluding hydrogens is 360 g/mol. The molecule has 0 fully saturated rings. The Hall–Kier alpha value is -2.58. The van der Waals surface area contributed by atoms with Crippen LogP contribution in [0.1, 0.15) is 33.8 Å². The smallest absolute Gasteiger partial charge is 0.303 e. The van der Waals surface area contributed by atoms with Crippen LogP contribution in [-0.4, -0.2) is 31.5 Å². The van der Waals surface area contributed by atoms with Crippen LogP contribution in [0.25, 0.3) is 11.6 Å². The number of aromatic hydroxyl groups is 1. The summed E-state index contributed by atoms with van der Waals surface area (Å²) in [6.07, 6.45) is 6.84. The number of ketones is 1. The summed E-state index contributed by atoms with van der Waals surface area (Å²) < 4.78 is 1.99. The van der Waals surface area contributed by atoms with Gasteiger partial charge in [-0.15, -0.1) is 11.3 Å². The van der Waals surface area contributed by atoms with Crippen LogP contribution in [0.5, 0.6) is 5.88 Å². The van der Waals surface area contributed by atoms with E-state index in [-0.39, 0.29) is 18.1 Å². The lowest BCUT2D eigenvalue weighted by molar-refractivity contribution is -0.137. The van der Waals surface area contributed by atoms with Gasteiger partial charge in [0.25, 0.3) is 0 Å². The quantitative estimate of drug-likeness (QED) is 0.778. The van der Waals surface area contributed by atoms with Gasteiger partial charge in [-0.3, -0.25) is 19.1 Å². The number of fused-ring (bicyclic) bond motifs is 1. The van der Waals surface area contributed by atoms with Crippen molar-refractivity contribution in [1.82, 2.24) is 9.55 Å². The molecule has 2 heterocycles. The number of nitrogens with zero attached hydrogens (tertiary/aromatic N) is 2. The summed E-state index contributed by atoms with van der Waals surface area (Å²) in [5, 5.41) is 19.1. The van der Waals surface area contributed by atoms with E-state index >= 15 is 0 Å². The van der Waals surface area contributed by atoms with E-state index in [9.17, 15) is 14.7 Å². The summed E-state index contributed by atoms with van der Waals surface area (Å²) >= 11 is 6.50. The van der Waals surface area contributed by atoms with Crippen LogP contribution in [-0.2, 0) is 11.3 Å². The first-order valence-electron chi connectivity index (χ1n) is 7.51. The molecule has 0 radical (unpaired) electrons. The number of allylic oxidation sites excluding steroid dienone is 3. The van der Waals surface area contributed by atoms with E-state index in [1.54, 1.807) is 30.5 Å². The van der Waals surface area contributed by atoms with Crippen LogP contribution in [0, 0.1) is 3.95 Å². The van der Waals surface area contributed by atoms with Gasteiger partial charge in [0.15, 0.2) is 3.95 Å². The molecule has 0 spiro atoms. The van der Waals surface area contributed by atoms with E-state index in [0.29, 0.717) is 33.1 Å². The molecule has 0 bridgehead atoms. The second-order valence-corrected chi connectivity index (χ2v) is 7.08. The van der Waals surface area contributed by atoms with Crippen LogP contribution in [0.2, 0.25) is 0 Å². The molecule has 1 aliphatic rings. The number of aromatic nitrogens is 2. The summed E-state index contributed by atoms with van der Waals surface area (Å²) in [5.74, 6) is -1.04. The van der Waals surface area contributed by atoms with Gasteiger partial charge >= 0.3 is 5.97 Å². The van der Waals surface area contributed by atoms with Gasteiger partial charge in [0.2, 0.25) is 11.7 Å². The Labute approximate surface area is 152 Å². The molecule has 2 aromatic rings. The van der Waals surface area contributed by atoms with Crippen molar-refractivity contribution < 1.29 is 19.8 Å². The van der Waals surface area contributed by atoms with Crippen LogP contribution in [0.3, 0.4) is 0 Å². The van der Waals surface area contributed by atoms with Crippen LogP contribution in [0.15, 0.2) is 30.5 Å². The Bertz CT molecular complexity index is 969. The number of pyridine rings is 1. The minimum atomic E-state index is -0.885. The second kappa shape index (κ2) is 7.12. The number of carboxylic acid groups (broad SMARTS) is 1. The summed E-state index contributed by atoms with van der Waals surface area (Å²) in [6, 6.07) is 3.55. The Morgan fingerprint density at radius 1 is 1.40 bits per heavy atom. The van der Waals surface area contributed by atoms with Crippen molar-refractivity contribution in [2.75, 3.05) is 0 Å². The predicted molar refractivity (Wildman–Crippen MR) is 97.3 cm³/mol. The molecule has 0 amide bonds. The van der Waals surface area contributed by atoms with Gasteiger partial charge in [-0.05, 0) is 42.4 Å². The van der Waals surface area contributed by atoms with Gasteiger partial charge in [-0.1, -0.05) is 12.1 Å². The predicted octanol–water partition coefficient (Wildman–Crippen LogP) is 3.54. The minimum Gasteiger partial charge on any atom is -0.493 e. The summed E-state index contributed by atoms with van der Waals surface area (Å²) in [5.41, 5.74) is 1.83. The van der Waals surface area contributed by atoms with Gasteiger partial charge in [0.1, 0.15) is 5.69 Å². The van der Waals surface area contributed by atoms with E-state index in [1.165, 1.54) is 22.0 Å². The zero-order chi connectivity index (χ0) is 18.0. The number of aliphatic carboxylic acids is 1. The average molecular weight is 374 g/mol.